The van der Waals surface area contributed by atoms with Crippen LogP contribution in [0.1, 0.15) is 13.3 Å². The van der Waals surface area contributed by atoms with E-state index in [-0.39, 0.29) is 11.8 Å². The molecule has 0 spiro atoms. The average Bonchev–Trinajstić information content (AvgIpc) is 1.60. The van der Waals surface area contributed by atoms with Gasteiger partial charge in [0.05, 0.1) is 0 Å². The van der Waals surface area contributed by atoms with Crippen molar-refractivity contribution in [3.8, 4) is 0 Å². The van der Waals surface area contributed by atoms with Gasteiger partial charge >= 0.3 is 0 Å². The summed E-state index contributed by atoms with van der Waals surface area (Å²) in [6.45, 7) is 3.38. The molecule has 1 rings (SSSR count). The number of hydrogen-bond acceptors (Lipinski definition) is 1. The molecule has 1 aliphatic heterocycles. The molecule has 54 valence electrons. The van der Waals surface area contributed by atoms with Crippen molar-refractivity contribution >= 4 is 0 Å². The first-order chi connectivity index (χ1) is 4.12. The van der Waals surface area contributed by atoms with E-state index in [4.69, 9.17) is 0 Å². The summed E-state index contributed by atoms with van der Waals surface area (Å²) in [4.78, 5) is 0. The Kier molecular flexibility index (Phi) is 1.70. The van der Waals surface area contributed by atoms with E-state index in [1.165, 1.54) is 0 Å². The lowest BCUT2D eigenvalue weighted by Crippen LogP contribution is -2.52. The Hall–Kier alpha value is -0.180. The van der Waals surface area contributed by atoms with Crippen molar-refractivity contribution in [2.75, 3.05) is 13.1 Å². The second-order valence-electron chi connectivity index (χ2n) is 3.01. The van der Waals surface area contributed by atoms with Crippen LogP contribution in [0.2, 0.25) is 0 Å². The highest BCUT2D eigenvalue weighted by Crippen LogP contribution is 2.28. The van der Waals surface area contributed by atoms with Gasteiger partial charge in [0.2, 0.25) is 6.43 Å². The van der Waals surface area contributed by atoms with Crippen molar-refractivity contribution in [2.45, 2.75) is 19.8 Å². The van der Waals surface area contributed by atoms with Crippen molar-refractivity contribution in [3.05, 3.63) is 0 Å². The van der Waals surface area contributed by atoms with Crippen molar-refractivity contribution in [3.63, 3.8) is 0 Å². The molecule has 1 aliphatic rings. The van der Waals surface area contributed by atoms with Gasteiger partial charge in [-0.05, 0) is 5.41 Å². The summed E-state index contributed by atoms with van der Waals surface area (Å²) < 4.78 is 23.4. The Morgan fingerprint density at radius 3 is 2.22 bits per heavy atom. The van der Waals surface area contributed by atoms with E-state index in [0.717, 1.165) is 13.1 Å². The van der Waals surface area contributed by atoms with E-state index in [9.17, 15) is 8.78 Å². The fourth-order valence-electron chi connectivity index (χ4n) is 1.07. The van der Waals surface area contributed by atoms with Gasteiger partial charge in [-0.1, -0.05) is 6.92 Å². The van der Waals surface area contributed by atoms with Crippen LogP contribution in [0.4, 0.5) is 8.78 Å². The van der Waals surface area contributed by atoms with Gasteiger partial charge in [-0.3, -0.25) is 0 Å². The Morgan fingerprint density at radius 2 is 2.11 bits per heavy atom. The monoisotopic (exact) mass is 135 g/mol. The first kappa shape index (κ1) is 6.93. The lowest BCUT2D eigenvalue weighted by atomic mass is 9.81. The number of rotatable bonds is 2. The van der Waals surface area contributed by atoms with Gasteiger partial charge in [-0.2, -0.15) is 0 Å². The highest BCUT2D eigenvalue weighted by atomic mass is 19.3. The third-order valence-electron chi connectivity index (χ3n) is 1.75. The SMILES string of the molecule is CC1(CC(F)F)CNC1. The zero-order valence-electron chi connectivity index (χ0n) is 5.45. The molecule has 1 fully saturated rings. The van der Waals surface area contributed by atoms with Crippen molar-refractivity contribution < 1.29 is 8.78 Å². The fourth-order valence-corrected chi connectivity index (χ4v) is 1.07. The quantitative estimate of drug-likeness (QED) is 0.601. The van der Waals surface area contributed by atoms with Crippen LogP contribution >= 0.6 is 0 Å². The van der Waals surface area contributed by atoms with Gasteiger partial charge < -0.3 is 5.32 Å². The molecule has 0 atom stereocenters. The maximum atomic E-state index is 11.7. The molecule has 1 nitrogen and oxygen atoms in total. The highest BCUT2D eigenvalue weighted by molar-refractivity contribution is 4.88. The van der Waals surface area contributed by atoms with Gasteiger partial charge in [0, 0.05) is 19.5 Å². The molecule has 0 aromatic rings. The van der Waals surface area contributed by atoms with Gasteiger partial charge in [-0.25, -0.2) is 8.78 Å². The summed E-state index contributed by atoms with van der Waals surface area (Å²) in [5, 5.41) is 2.97. The van der Waals surface area contributed by atoms with E-state index in [0.29, 0.717) is 0 Å². The van der Waals surface area contributed by atoms with Crippen LogP contribution in [-0.4, -0.2) is 19.5 Å². The van der Waals surface area contributed by atoms with Gasteiger partial charge in [0.1, 0.15) is 0 Å². The zero-order chi connectivity index (χ0) is 6.91. The lowest BCUT2D eigenvalue weighted by Gasteiger charge is -2.39. The van der Waals surface area contributed by atoms with E-state index < -0.39 is 6.43 Å². The summed E-state index contributed by atoms with van der Waals surface area (Å²) in [5.74, 6) is 0. The molecule has 0 amide bonds. The van der Waals surface area contributed by atoms with Crippen molar-refractivity contribution in [2.24, 2.45) is 5.41 Å². The second kappa shape index (κ2) is 2.21. The highest BCUT2D eigenvalue weighted by Gasteiger charge is 2.34. The lowest BCUT2D eigenvalue weighted by molar-refractivity contribution is 0.0512. The second-order valence-corrected chi connectivity index (χ2v) is 3.01. The van der Waals surface area contributed by atoms with Crippen LogP contribution in [0.25, 0.3) is 0 Å². The van der Waals surface area contributed by atoms with Gasteiger partial charge in [0.25, 0.3) is 0 Å². The summed E-state index contributed by atoms with van der Waals surface area (Å²) in [6, 6.07) is 0. The molecule has 0 unspecified atom stereocenters. The summed E-state index contributed by atoms with van der Waals surface area (Å²) in [5.41, 5.74) is -0.117. The third kappa shape index (κ3) is 1.61. The first-order valence-electron chi connectivity index (χ1n) is 3.11. The molecule has 0 aromatic carbocycles. The first-order valence-corrected chi connectivity index (χ1v) is 3.11. The maximum Gasteiger partial charge on any atom is 0.239 e. The minimum Gasteiger partial charge on any atom is -0.316 e. The summed E-state index contributed by atoms with van der Waals surface area (Å²) in [7, 11) is 0. The molecular formula is C6H11F2N. The molecular weight excluding hydrogens is 124 g/mol. The van der Waals surface area contributed by atoms with Gasteiger partial charge in [-0.15, -0.1) is 0 Å². The number of alkyl halides is 2. The van der Waals surface area contributed by atoms with Crippen LogP contribution in [0, 0.1) is 5.41 Å². The molecule has 0 saturated carbocycles. The Morgan fingerprint density at radius 1 is 1.56 bits per heavy atom. The fraction of sp³-hybridized carbons (Fsp3) is 1.00. The maximum absolute atomic E-state index is 11.7. The Balaban J connectivity index is 2.24. The zero-order valence-corrected chi connectivity index (χ0v) is 5.45. The number of halogens is 2. The molecule has 1 heterocycles. The standard InChI is InChI=1S/C6H11F2N/c1-6(2-5(7)8)3-9-4-6/h5,9H,2-4H2,1H3. The molecule has 3 heteroatoms. The normalized spacial score (nSPS) is 24.0. The molecule has 9 heavy (non-hydrogen) atoms. The van der Waals surface area contributed by atoms with E-state index in [1.54, 1.807) is 0 Å². The van der Waals surface area contributed by atoms with Crippen LogP contribution in [0.15, 0.2) is 0 Å². The number of hydrogen-bond donors (Lipinski definition) is 1. The molecule has 0 bridgehead atoms. The molecule has 0 aliphatic carbocycles. The smallest absolute Gasteiger partial charge is 0.239 e. The van der Waals surface area contributed by atoms with Crippen LogP contribution in [0.5, 0.6) is 0 Å². The van der Waals surface area contributed by atoms with Crippen LogP contribution < -0.4 is 5.32 Å². The predicted molar refractivity (Wildman–Crippen MR) is 31.6 cm³/mol. The van der Waals surface area contributed by atoms with E-state index in [2.05, 4.69) is 5.32 Å². The minimum absolute atomic E-state index is 0.0417. The van der Waals surface area contributed by atoms with Crippen molar-refractivity contribution in [1.82, 2.24) is 5.32 Å². The molecule has 0 radical (unpaired) electrons. The third-order valence-corrected chi connectivity index (χ3v) is 1.75. The van der Waals surface area contributed by atoms with Crippen molar-refractivity contribution in [1.29, 1.82) is 0 Å². The summed E-state index contributed by atoms with van der Waals surface area (Å²) in [6.07, 6.45) is -2.10. The summed E-state index contributed by atoms with van der Waals surface area (Å²) >= 11 is 0. The Bertz CT molecular complexity index is 99.2. The van der Waals surface area contributed by atoms with E-state index in [1.807, 2.05) is 6.92 Å². The Labute approximate surface area is 53.4 Å². The van der Waals surface area contributed by atoms with Crippen LogP contribution in [-0.2, 0) is 0 Å². The molecule has 1 N–H and O–H groups in total. The topological polar surface area (TPSA) is 12.0 Å². The molecule has 1 saturated heterocycles. The minimum atomic E-state index is -2.14. The number of nitrogens with one attached hydrogen (secondary N) is 1. The largest absolute Gasteiger partial charge is 0.316 e. The van der Waals surface area contributed by atoms with Gasteiger partial charge in [0.15, 0.2) is 0 Å². The molecule has 0 aromatic heterocycles. The van der Waals surface area contributed by atoms with Crippen LogP contribution in [0.3, 0.4) is 0 Å². The average molecular weight is 135 g/mol. The van der Waals surface area contributed by atoms with E-state index >= 15 is 0 Å². The predicted octanol–water partition coefficient (Wildman–Crippen LogP) is 1.25.